The summed E-state index contributed by atoms with van der Waals surface area (Å²) >= 11 is 0. The van der Waals surface area contributed by atoms with Gasteiger partial charge >= 0.3 is 0 Å². The Morgan fingerprint density at radius 2 is 1.64 bits per heavy atom. The number of amides is 3. The maximum Gasteiger partial charge on any atom is 0.255 e. The fourth-order valence-electron chi connectivity index (χ4n) is 4.31. The van der Waals surface area contributed by atoms with E-state index in [-0.39, 0.29) is 29.6 Å². The van der Waals surface area contributed by atoms with E-state index in [1.54, 1.807) is 24.3 Å². The van der Waals surface area contributed by atoms with Crippen molar-refractivity contribution in [3.8, 4) is 0 Å². The highest BCUT2D eigenvalue weighted by Gasteiger charge is 2.49. The van der Waals surface area contributed by atoms with Crippen LogP contribution < -0.4 is 10.2 Å². The lowest BCUT2D eigenvalue weighted by Gasteiger charge is -2.25. The summed E-state index contributed by atoms with van der Waals surface area (Å²) in [7, 11) is 0. The molecule has 2 fully saturated rings. The van der Waals surface area contributed by atoms with Crippen molar-refractivity contribution in [1.29, 1.82) is 0 Å². The molecular weight excluding hydrogens is 352 g/mol. The fourth-order valence-corrected chi connectivity index (χ4v) is 4.31. The molecule has 3 amide bonds. The molecule has 3 atom stereocenters. The number of para-hydroxylation sites is 1. The molecule has 0 aromatic heterocycles. The Balaban J connectivity index is 1.52. The highest BCUT2D eigenvalue weighted by molar-refractivity contribution is 6.22. The zero-order valence-corrected chi connectivity index (χ0v) is 16.1. The van der Waals surface area contributed by atoms with Crippen LogP contribution in [0.4, 0.5) is 11.4 Å². The number of rotatable bonds is 3. The first-order valence-corrected chi connectivity index (χ1v) is 9.80. The number of nitrogens with one attached hydrogen (secondary N) is 1. The van der Waals surface area contributed by atoms with Crippen LogP contribution in [-0.4, -0.2) is 17.7 Å². The third kappa shape index (κ3) is 3.21. The first kappa shape index (κ1) is 18.4. The van der Waals surface area contributed by atoms with Crippen molar-refractivity contribution in [2.75, 3.05) is 10.2 Å². The SMILES string of the molecule is Cc1ccccc1NC(=O)c1ccc(N2C(=O)[C@H]3CC[C@@H](C)C[C@@H]3C2=O)cc1. The minimum Gasteiger partial charge on any atom is -0.322 e. The van der Waals surface area contributed by atoms with Gasteiger partial charge in [0.1, 0.15) is 0 Å². The molecule has 144 valence electrons. The molecule has 1 aliphatic carbocycles. The Labute approximate surface area is 164 Å². The molecule has 1 aliphatic heterocycles. The summed E-state index contributed by atoms with van der Waals surface area (Å²) in [4.78, 5) is 39.4. The maximum absolute atomic E-state index is 12.8. The lowest BCUT2D eigenvalue weighted by Crippen LogP contribution is -2.30. The molecule has 5 nitrogen and oxygen atoms in total. The molecule has 2 aromatic carbocycles. The van der Waals surface area contributed by atoms with Gasteiger partial charge in [0.15, 0.2) is 0 Å². The Bertz CT molecular complexity index is 935. The van der Waals surface area contributed by atoms with Crippen LogP contribution >= 0.6 is 0 Å². The number of hydrogen-bond donors (Lipinski definition) is 1. The van der Waals surface area contributed by atoms with Crippen LogP contribution in [0.25, 0.3) is 0 Å². The maximum atomic E-state index is 12.8. The number of fused-ring (bicyclic) bond motifs is 1. The van der Waals surface area contributed by atoms with Crippen molar-refractivity contribution in [2.24, 2.45) is 17.8 Å². The third-order valence-electron chi connectivity index (χ3n) is 5.97. The van der Waals surface area contributed by atoms with Crippen molar-refractivity contribution < 1.29 is 14.4 Å². The molecule has 0 spiro atoms. The van der Waals surface area contributed by atoms with E-state index >= 15 is 0 Å². The van der Waals surface area contributed by atoms with Crippen LogP contribution in [0.5, 0.6) is 0 Å². The molecule has 1 heterocycles. The third-order valence-corrected chi connectivity index (χ3v) is 5.97. The standard InChI is InChI=1S/C23H24N2O3/c1-14-7-12-18-19(13-14)23(28)25(22(18)27)17-10-8-16(9-11-17)21(26)24-20-6-4-3-5-15(20)2/h3-6,8-11,14,18-19H,7,12-13H2,1-2H3,(H,24,26)/t14-,18+,19+/m1/s1. The summed E-state index contributed by atoms with van der Waals surface area (Å²) in [6, 6.07) is 14.3. The lowest BCUT2D eigenvalue weighted by molar-refractivity contribution is -0.122. The van der Waals surface area contributed by atoms with Gasteiger partial charge in [-0.1, -0.05) is 25.1 Å². The molecule has 1 saturated heterocycles. The van der Waals surface area contributed by atoms with Crippen LogP contribution in [0.15, 0.2) is 48.5 Å². The second kappa shape index (κ2) is 7.23. The predicted molar refractivity (Wildman–Crippen MR) is 108 cm³/mol. The van der Waals surface area contributed by atoms with Crippen molar-refractivity contribution >= 4 is 29.1 Å². The van der Waals surface area contributed by atoms with Crippen LogP contribution in [0, 0.1) is 24.7 Å². The minimum atomic E-state index is -0.220. The Morgan fingerprint density at radius 1 is 0.964 bits per heavy atom. The number of carbonyl (C=O) groups is 3. The summed E-state index contributed by atoms with van der Waals surface area (Å²) < 4.78 is 0. The highest BCUT2D eigenvalue weighted by atomic mass is 16.2. The van der Waals surface area contributed by atoms with Gasteiger partial charge in [-0.15, -0.1) is 0 Å². The van der Waals surface area contributed by atoms with Gasteiger partial charge in [-0.25, -0.2) is 0 Å². The van der Waals surface area contributed by atoms with Crippen LogP contribution in [0.1, 0.15) is 42.1 Å². The smallest absolute Gasteiger partial charge is 0.255 e. The first-order valence-electron chi connectivity index (χ1n) is 9.80. The Hall–Kier alpha value is -2.95. The van der Waals surface area contributed by atoms with Gasteiger partial charge in [-0.3, -0.25) is 19.3 Å². The Morgan fingerprint density at radius 3 is 2.36 bits per heavy atom. The van der Waals surface area contributed by atoms with Crippen LogP contribution in [-0.2, 0) is 9.59 Å². The molecule has 28 heavy (non-hydrogen) atoms. The number of hydrogen-bond acceptors (Lipinski definition) is 3. The van der Waals surface area contributed by atoms with Crippen molar-refractivity contribution in [1.82, 2.24) is 0 Å². The van der Waals surface area contributed by atoms with Crippen LogP contribution in [0.3, 0.4) is 0 Å². The molecule has 0 unspecified atom stereocenters. The molecule has 2 aromatic rings. The second-order valence-corrected chi connectivity index (χ2v) is 7.96. The van der Waals surface area contributed by atoms with Crippen LogP contribution in [0.2, 0.25) is 0 Å². The second-order valence-electron chi connectivity index (χ2n) is 7.96. The summed E-state index contributed by atoms with van der Waals surface area (Å²) in [5.41, 5.74) is 2.78. The number of carbonyl (C=O) groups excluding carboxylic acids is 3. The average Bonchev–Trinajstić information content (AvgIpc) is 2.93. The van der Waals surface area contributed by atoms with E-state index in [0.29, 0.717) is 17.2 Å². The molecule has 5 heteroatoms. The largest absolute Gasteiger partial charge is 0.322 e. The average molecular weight is 376 g/mol. The highest BCUT2D eigenvalue weighted by Crippen LogP contribution is 2.42. The van der Waals surface area contributed by atoms with Crippen molar-refractivity contribution in [2.45, 2.75) is 33.1 Å². The lowest BCUT2D eigenvalue weighted by atomic mass is 9.76. The molecule has 1 N–H and O–H groups in total. The van der Waals surface area contributed by atoms with E-state index in [4.69, 9.17) is 0 Å². The van der Waals surface area contributed by atoms with Crippen molar-refractivity contribution in [3.63, 3.8) is 0 Å². The molecule has 0 bridgehead atoms. The van der Waals surface area contributed by atoms with Gasteiger partial charge in [-0.2, -0.15) is 0 Å². The zero-order valence-electron chi connectivity index (χ0n) is 16.1. The monoisotopic (exact) mass is 376 g/mol. The number of imide groups is 1. The summed E-state index contributed by atoms with van der Waals surface area (Å²) in [5, 5.41) is 2.89. The van der Waals surface area contributed by atoms with Crippen molar-refractivity contribution in [3.05, 3.63) is 59.7 Å². The van der Waals surface area contributed by atoms with Gasteiger partial charge in [0, 0.05) is 11.3 Å². The number of benzene rings is 2. The molecule has 4 rings (SSSR count). The molecule has 1 saturated carbocycles. The van der Waals surface area contributed by atoms with E-state index in [1.807, 2.05) is 31.2 Å². The van der Waals surface area contributed by atoms with Gasteiger partial charge in [-0.05, 0) is 68.0 Å². The van der Waals surface area contributed by atoms with E-state index in [2.05, 4.69) is 12.2 Å². The van der Waals surface area contributed by atoms with Gasteiger partial charge < -0.3 is 5.32 Å². The zero-order chi connectivity index (χ0) is 19.8. The molecular formula is C23H24N2O3. The van der Waals surface area contributed by atoms with E-state index in [0.717, 1.165) is 30.5 Å². The summed E-state index contributed by atoms with van der Waals surface area (Å²) in [6.07, 6.45) is 2.55. The van der Waals surface area contributed by atoms with E-state index in [9.17, 15) is 14.4 Å². The van der Waals surface area contributed by atoms with Gasteiger partial charge in [0.2, 0.25) is 11.8 Å². The fraction of sp³-hybridized carbons (Fsp3) is 0.348. The normalized spacial score (nSPS) is 24.2. The molecule has 0 radical (unpaired) electrons. The number of nitrogens with zero attached hydrogens (tertiary/aromatic N) is 1. The summed E-state index contributed by atoms with van der Waals surface area (Å²) in [5.74, 6) is -0.321. The van der Waals surface area contributed by atoms with Gasteiger partial charge in [0.05, 0.1) is 17.5 Å². The Kier molecular flexibility index (Phi) is 4.75. The first-order chi connectivity index (χ1) is 13.5. The topological polar surface area (TPSA) is 66.5 Å². The molecule has 2 aliphatic rings. The van der Waals surface area contributed by atoms with E-state index in [1.165, 1.54) is 4.90 Å². The summed E-state index contributed by atoms with van der Waals surface area (Å²) in [6.45, 7) is 4.07. The number of aryl methyl sites for hydroxylation is 1. The van der Waals surface area contributed by atoms with E-state index < -0.39 is 0 Å². The number of anilines is 2. The predicted octanol–water partition coefficient (Wildman–Crippen LogP) is 4.17. The van der Waals surface area contributed by atoms with Gasteiger partial charge in [0.25, 0.3) is 5.91 Å². The minimum absolute atomic E-state index is 0.0981. The quantitative estimate of drug-likeness (QED) is 0.818.